The second kappa shape index (κ2) is 4.30. The number of aliphatic hydroxyl groups excluding tert-OH is 1. The summed E-state index contributed by atoms with van der Waals surface area (Å²) in [7, 11) is 0. The van der Waals surface area contributed by atoms with Crippen LogP contribution in [0.3, 0.4) is 0 Å². The molecule has 1 unspecified atom stereocenters. The van der Waals surface area contributed by atoms with E-state index in [4.69, 9.17) is 10.8 Å². The molecule has 0 rings (SSSR count). The van der Waals surface area contributed by atoms with Crippen molar-refractivity contribution in [1.29, 1.82) is 0 Å². The van der Waals surface area contributed by atoms with Crippen LogP contribution in [0.2, 0.25) is 0 Å². The average molecular weight is 182 g/mol. The number of nitrogens with two attached hydrogens (primary N) is 1. The van der Waals surface area contributed by atoms with Gasteiger partial charge in [-0.15, -0.1) is 0 Å². The Morgan fingerprint density at radius 3 is 2.38 bits per heavy atom. The van der Waals surface area contributed by atoms with Crippen LogP contribution in [0.15, 0.2) is 0 Å². The van der Waals surface area contributed by atoms with E-state index in [-0.39, 0.29) is 12.0 Å². The molecule has 0 saturated carbocycles. The van der Waals surface area contributed by atoms with Crippen molar-refractivity contribution in [3.05, 3.63) is 0 Å². The van der Waals surface area contributed by atoms with Crippen molar-refractivity contribution in [3.8, 4) is 0 Å². The fraction of sp³-hybridized carbons (Fsp3) is 1.00. The van der Waals surface area contributed by atoms with Gasteiger partial charge < -0.3 is 10.8 Å². The third-order valence-electron chi connectivity index (χ3n) is 1.14. The monoisotopic (exact) mass is 181 g/mol. The Kier molecular flexibility index (Phi) is 4.51. The van der Waals surface area contributed by atoms with Crippen molar-refractivity contribution in [2.45, 2.75) is 13.0 Å². The SMILES string of the molecule is CC(CBr)[C@@H](O)CN. The van der Waals surface area contributed by atoms with Crippen molar-refractivity contribution in [1.82, 2.24) is 0 Å². The van der Waals surface area contributed by atoms with Gasteiger partial charge in [-0.25, -0.2) is 0 Å². The molecule has 0 spiro atoms. The highest BCUT2D eigenvalue weighted by atomic mass is 79.9. The first-order valence-electron chi connectivity index (χ1n) is 2.66. The molecule has 0 aromatic heterocycles. The minimum atomic E-state index is -0.352. The lowest BCUT2D eigenvalue weighted by Crippen LogP contribution is -2.27. The number of alkyl halides is 1. The van der Waals surface area contributed by atoms with E-state index in [0.29, 0.717) is 6.54 Å². The molecule has 8 heavy (non-hydrogen) atoms. The van der Waals surface area contributed by atoms with E-state index in [1.165, 1.54) is 0 Å². The second-order valence-electron chi connectivity index (χ2n) is 1.93. The maximum absolute atomic E-state index is 8.97. The molecule has 2 atom stereocenters. The Balaban J connectivity index is 3.29. The molecular weight excluding hydrogens is 170 g/mol. The summed E-state index contributed by atoms with van der Waals surface area (Å²) in [6.07, 6.45) is -0.352. The smallest absolute Gasteiger partial charge is 0.0695 e. The Bertz CT molecular complexity index is 52.4. The molecule has 3 N–H and O–H groups in total. The fourth-order valence-corrected chi connectivity index (χ4v) is 0.767. The minimum absolute atomic E-state index is 0.264. The molecule has 50 valence electrons. The number of hydrogen-bond donors (Lipinski definition) is 2. The molecule has 0 amide bonds. The van der Waals surface area contributed by atoms with E-state index in [1.807, 2.05) is 6.92 Å². The summed E-state index contributed by atoms with van der Waals surface area (Å²) in [5, 5.41) is 9.78. The Morgan fingerprint density at radius 2 is 2.25 bits per heavy atom. The normalized spacial score (nSPS) is 18.0. The number of aliphatic hydroxyl groups is 1. The summed E-state index contributed by atoms with van der Waals surface area (Å²) >= 11 is 3.24. The zero-order valence-corrected chi connectivity index (χ0v) is 6.56. The van der Waals surface area contributed by atoms with E-state index in [2.05, 4.69) is 15.9 Å². The van der Waals surface area contributed by atoms with Gasteiger partial charge in [0.25, 0.3) is 0 Å². The lowest BCUT2D eigenvalue weighted by molar-refractivity contribution is 0.136. The second-order valence-corrected chi connectivity index (χ2v) is 2.58. The highest BCUT2D eigenvalue weighted by Crippen LogP contribution is 2.03. The summed E-state index contributed by atoms with van der Waals surface area (Å²) in [5.41, 5.74) is 5.18. The summed E-state index contributed by atoms with van der Waals surface area (Å²) in [4.78, 5) is 0. The van der Waals surface area contributed by atoms with Gasteiger partial charge in [0.05, 0.1) is 6.10 Å². The van der Waals surface area contributed by atoms with Gasteiger partial charge in [0.15, 0.2) is 0 Å². The van der Waals surface area contributed by atoms with E-state index >= 15 is 0 Å². The predicted molar refractivity (Wildman–Crippen MR) is 38.0 cm³/mol. The van der Waals surface area contributed by atoms with Gasteiger partial charge in [-0.1, -0.05) is 22.9 Å². The Labute approximate surface area is 58.2 Å². The maximum atomic E-state index is 8.97. The summed E-state index contributed by atoms with van der Waals surface area (Å²) in [6.45, 7) is 2.30. The van der Waals surface area contributed by atoms with Crippen molar-refractivity contribution < 1.29 is 5.11 Å². The van der Waals surface area contributed by atoms with Crippen LogP contribution < -0.4 is 5.73 Å². The highest BCUT2D eigenvalue weighted by Gasteiger charge is 2.08. The quantitative estimate of drug-likeness (QED) is 0.618. The van der Waals surface area contributed by atoms with Gasteiger partial charge in [0.1, 0.15) is 0 Å². The predicted octanol–water partition coefficient (Wildman–Crippen LogP) is 0.337. The number of rotatable bonds is 3. The lowest BCUT2D eigenvalue weighted by Gasteiger charge is -2.12. The molecule has 0 bridgehead atoms. The lowest BCUT2D eigenvalue weighted by atomic mass is 10.1. The highest BCUT2D eigenvalue weighted by molar-refractivity contribution is 9.09. The van der Waals surface area contributed by atoms with Crippen molar-refractivity contribution >= 4 is 15.9 Å². The third kappa shape index (κ3) is 2.64. The molecule has 0 radical (unpaired) electrons. The first-order valence-corrected chi connectivity index (χ1v) is 3.78. The van der Waals surface area contributed by atoms with Gasteiger partial charge in [-0.05, 0) is 5.92 Å². The van der Waals surface area contributed by atoms with E-state index in [9.17, 15) is 0 Å². The molecule has 0 aliphatic rings. The molecule has 0 aromatic rings. The van der Waals surface area contributed by atoms with Gasteiger partial charge in [0.2, 0.25) is 0 Å². The Hall–Kier alpha value is 0.400. The number of hydrogen-bond acceptors (Lipinski definition) is 2. The summed E-state index contributed by atoms with van der Waals surface area (Å²) in [6, 6.07) is 0. The van der Waals surface area contributed by atoms with Crippen molar-refractivity contribution in [2.24, 2.45) is 11.7 Å². The molecule has 0 aliphatic carbocycles. The topological polar surface area (TPSA) is 46.2 Å². The van der Waals surface area contributed by atoms with Crippen LogP contribution in [0.4, 0.5) is 0 Å². The standard InChI is InChI=1S/C5H12BrNO/c1-4(2-6)5(8)3-7/h4-5,8H,2-3,7H2,1H3/t4?,5-/m0/s1. The number of halogens is 1. The third-order valence-corrected chi connectivity index (χ3v) is 2.16. The fourth-order valence-electron chi connectivity index (χ4n) is 0.335. The molecule has 0 aliphatic heterocycles. The van der Waals surface area contributed by atoms with Gasteiger partial charge >= 0.3 is 0 Å². The molecule has 0 saturated heterocycles. The van der Waals surface area contributed by atoms with Crippen LogP contribution in [0.1, 0.15) is 6.92 Å². The molecule has 3 heteroatoms. The summed E-state index contributed by atoms with van der Waals surface area (Å²) in [5.74, 6) is 0.264. The van der Waals surface area contributed by atoms with Crippen LogP contribution in [0.5, 0.6) is 0 Å². The van der Waals surface area contributed by atoms with Gasteiger partial charge in [0, 0.05) is 11.9 Å². The molecular formula is C5H12BrNO. The minimum Gasteiger partial charge on any atom is -0.392 e. The first-order chi connectivity index (χ1) is 3.72. The molecule has 2 nitrogen and oxygen atoms in total. The molecule has 0 heterocycles. The Morgan fingerprint density at radius 1 is 1.75 bits per heavy atom. The first kappa shape index (κ1) is 8.40. The van der Waals surface area contributed by atoms with Gasteiger partial charge in [-0.3, -0.25) is 0 Å². The van der Waals surface area contributed by atoms with Crippen LogP contribution >= 0.6 is 15.9 Å². The van der Waals surface area contributed by atoms with Crippen molar-refractivity contribution in [2.75, 3.05) is 11.9 Å². The molecule has 0 aromatic carbocycles. The van der Waals surface area contributed by atoms with E-state index < -0.39 is 0 Å². The zero-order valence-electron chi connectivity index (χ0n) is 4.97. The largest absolute Gasteiger partial charge is 0.392 e. The van der Waals surface area contributed by atoms with Crippen LogP contribution in [-0.2, 0) is 0 Å². The van der Waals surface area contributed by atoms with Crippen molar-refractivity contribution in [3.63, 3.8) is 0 Å². The molecule has 0 fully saturated rings. The van der Waals surface area contributed by atoms with Crippen LogP contribution in [0, 0.1) is 5.92 Å². The van der Waals surface area contributed by atoms with Crippen LogP contribution in [-0.4, -0.2) is 23.1 Å². The van der Waals surface area contributed by atoms with E-state index in [1.54, 1.807) is 0 Å². The maximum Gasteiger partial charge on any atom is 0.0695 e. The van der Waals surface area contributed by atoms with Crippen LogP contribution in [0.25, 0.3) is 0 Å². The van der Waals surface area contributed by atoms with Gasteiger partial charge in [-0.2, -0.15) is 0 Å². The van der Waals surface area contributed by atoms with E-state index in [0.717, 1.165) is 5.33 Å². The zero-order chi connectivity index (χ0) is 6.57. The summed E-state index contributed by atoms with van der Waals surface area (Å²) < 4.78 is 0. The average Bonchev–Trinajstić information content (AvgIpc) is 1.84.